The van der Waals surface area contributed by atoms with E-state index in [0.29, 0.717) is 0 Å². The van der Waals surface area contributed by atoms with E-state index < -0.39 is 0 Å². The molecule has 0 radical (unpaired) electrons. The van der Waals surface area contributed by atoms with Gasteiger partial charge < -0.3 is 0 Å². The number of hydrogen-bond donors (Lipinski definition) is 0. The van der Waals surface area contributed by atoms with Gasteiger partial charge in [0.25, 0.3) is 0 Å². The van der Waals surface area contributed by atoms with Gasteiger partial charge >= 0.3 is 0 Å². The lowest BCUT2D eigenvalue weighted by Crippen LogP contribution is -2.04. The van der Waals surface area contributed by atoms with Gasteiger partial charge in [-0.2, -0.15) is 0 Å². The lowest BCUT2D eigenvalue weighted by Gasteiger charge is -2.20. The maximum atomic E-state index is 6.91. The zero-order chi connectivity index (χ0) is 15.6. The molecule has 1 heteroatoms. The first-order chi connectivity index (χ1) is 9.97. The Morgan fingerprint density at radius 3 is 2.05 bits per heavy atom. The maximum Gasteiger partial charge on any atom is 0.0843 e. The molecule has 0 heterocycles. The van der Waals surface area contributed by atoms with Gasteiger partial charge in [-0.3, -0.25) is 0 Å². The number of rotatable bonds is 4. The molecular weight excluding hydrogens is 276 g/mol. The molecule has 1 atom stereocenters. The average Bonchev–Trinajstić information content (AvgIpc) is 2.45. The molecule has 0 bridgehead atoms. The van der Waals surface area contributed by atoms with Crippen LogP contribution in [0.2, 0.25) is 0 Å². The van der Waals surface area contributed by atoms with Gasteiger partial charge in [-0.15, -0.1) is 11.6 Å². The highest BCUT2D eigenvalue weighted by atomic mass is 35.5. The number of aryl methyl sites for hydroxylation is 5. The molecule has 1 unspecified atom stereocenters. The van der Waals surface area contributed by atoms with Crippen molar-refractivity contribution in [2.45, 2.75) is 52.8 Å². The molecular formula is C20H25Cl. The second-order valence-corrected chi connectivity index (χ2v) is 6.35. The molecule has 0 nitrogen and oxygen atoms in total. The molecule has 0 spiro atoms. The van der Waals surface area contributed by atoms with Crippen molar-refractivity contribution in [3.8, 4) is 0 Å². The van der Waals surface area contributed by atoms with Gasteiger partial charge in [0.15, 0.2) is 0 Å². The second-order valence-electron chi connectivity index (χ2n) is 5.92. The zero-order valence-corrected chi connectivity index (χ0v) is 14.5. The summed E-state index contributed by atoms with van der Waals surface area (Å²) in [6, 6.07) is 11.2. The van der Waals surface area contributed by atoms with Crippen LogP contribution in [0.3, 0.4) is 0 Å². The van der Waals surface area contributed by atoms with E-state index in [1.165, 1.54) is 38.9 Å². The highest BCUT2D eigenvalue weighted by Crippen LogP contribution is 2.36. The molecule has 0 aliphatic heterocycles. The van der Waals surface area contributed by atoms with Crippen molar-refractivity contribution in [1.82, 2.24) is 0 Å². The Hall–Kier alpha value is -1.27. The largest absolute Gasteiger partial charge is 0.113 e. The van der Waals surface area contributed by atoms with E-state index in [-0.39, 0.29) is 5.38 Å². The lowest BCUT2D eigenvalue weighted by atomic mass is 9.90. The fraction of sp³-hybridized carbons (Fsp3) is 0.400. The van der Waals surface area contributed by atoms with E-state index in [2.05, 4.69) is 65.0 Å². The summed E-state index contributed by atoms with van der Waals surface area (Å²) in [5, 5.41) is -0.0629. The van der Waals surface area contributed by atoms with E-state index >= 15 is 0 Å². The first-order valence-electron chi connectivity index (χ1n) is 7.81. The quantitative estimate of drug-likeness (QED) is 0.602. The van der Waals surface area contributed by atoms with Gasteiger partial charge in [-0.1, -0.05) is 49.7 Å². The normalized spacial score (nSPS) is 12.5. The van der Waals surface area contributed by atoms with Crippen LogP contribution in [-0.4, -0.2) is 0 Å². The third kappa shape index (κ3) is 3.32. The van der Waals surface area contributed by atoms with Crippen LogP contribution in [0.4, 0.5) is 0 Å². The molecule has 2 aromatic rings. The first kappa shape index (κ1) is 16.1. The van der Waals surface area contributed by atoms with Crippen LogP contribution < -0.4 is 0 Å². The SMILES string of the molecule is CCc1ccc(CC)c(C(Cl)c2c(C)cc(C)cc2C)c1. The van der Waals surface area contributed by atoms with Crippen molar-refractivity contribution in [2.24, 2.45) is 0 Å². The van der Waals surface area contributed by atoms with Gasteiger partial charge in [0, 0.05) is 0 Å². The molecule has 21 heavy (non-hydrogen) atoms. The fourth-order valence-corrected chi connectivity index (χ4v) is 3.72. The van der Waals surface area contributed by atoms with E-state index in [0.717, 1.165) is 12.8 Å². The van der Waals surface area contributed by atoms with Gasteiger partial charge in [0.1, 0.15) is 0 Å². The Balaban J connectivity index is 2.56. The smallest absolute Gasteiger partial charge is 0.0843 e. The minimum atomic E-state index is -0.0629. The van der Waals surface area contributed by atoms with Crippen molar-refractivity contribution >= 4 is 11.6 Å². The minimum Gasteiger partial charge on any atom is -0.113 e. The minimum absolute atomic E-state index is 0.0629. The maximum absolute atomic E-state index is 6.91. The highest BCUT2D eigenvalue weighted by molar-refractivity contribution is 6.23. The van der Waals surface area contributed by atoms with Crippen LogP contribution >= 0.6 is 11.6 Å². The van der Waals surface area contributed by atoms with E-state index in [9.17, 15) is 0 Å². The van der Waals surface area contributed by atoms with Crippen LogP contribution in [-0.2, 0) is 12.8 Å². The molecule has 0 aromatic heterocycles. The van der Waals surface area contributed by atoms with E-state index in [1.807, 2.05) is 0 Å². The first-order valence-corrected chi connectivity index (χ1v) is 8.25. The second kappa shape index (κ2) is 6.66. The summed E-state index contributed by atoms with van der Waals surface area (Å²) in [4.78, 5) is 0. The lowest BCUT2D eigenvalue weighted by molar-refractivity contribution is 0.998. The molecule has 0 aliphatic rings. The van der Waals surface area contributed by atoms with Crippen molar-refractivity contribution in [3.63, 3.8) is 0 Å². The Morgan fingerprint density at radius 1 is 0.905 bits per heavy atom. The van der Waals surface area contributed by atoms with Gasteiger partial charge in [-0.05, 0) is 67.0 Å². The average molecular weight is 301 g/mol. The summed E-state index contributed by atoms with van der Waals surface area (Å²) in [6.45, 7) is 10.9. The predicted octanol–water partition coefficient (Wildman–Crippen LogP) is 6.06. The number of halogens is 1. The molecule has 0 fully saturated rings. The molecule has 0 N–H and O–H groups in total. The van der Waals surface area contributed by atoms with Gasteiger partial charge in [0.2, 0.25) is 0 Å². The van der Waals surface area contributed by atoms with Gasteiger partial charge in [-0.25, -0.2) is 0 Å². The van der Waals surface area contributed by atoms with Crippen molar-refractivity contribution in [3.05, 3.63) is 69.3 Å². The summed E-state index contributed by atoms with van der Waals surface area (Å²) in [7, 11) is 0. The summed E-state index contributed by atoms with van der Waals surface area (Å²) >= 11 is 6.91. The Bertz CT molecular complexity index is 617. The van der Waals surface area contributed by atoms with E-state index in [1.54, 1.807) is 0 Å². The Kier molecular flexibility index (Phi) is 5.11. The molecule has 0 amide bonds. The van der Waals surface area contributed by atoms with E-state index in [4.69, 9.17) is 11.6 Å². The molecule has 0 saturated carbocycles. The highest BCUT2D eigenvalue weighted by Gasteiger charge is 2.19. The summed E-state index contributed by atoms with van der Waals surface area (Å²) in [6.07, 6.45) is 2.07. The molecule has 0 saturated heterocycles. The molecule has 2 aromatic carbocycles. The predicted molar refractivity (Wildman–Crippen MR) is 93.5 cm³/mol. The third-order valence-electron chi connectivity index (χ3n) is 4.26. The topological polar surface area (TPSA) is 0 Å². The van der Waals surface area contributed by atoms with Crippen LogP contribution in [0.15, 0.2) is 30.3 Å². The van der Waals surface area contributed by atoms with Crippen molar-refractivity contribution in [1.29, 1.82) is 0 Å². The third-order valence-corrected chi connectivity index (χ3v) is 4.72. The van der Waals surface area contributed by atoms with Crippen LogP contribution in [0.5, 0.6) is 0 Å². The molecule has 112 valence electrons. The van der Waals surface area contributed by atoms with Crippen molar-refractivity contribution in [2.75, 3.05) is 0 Å². The van der Waals surface area contributed by atoms with Crippen LogP contribution in [0.25, 0.3) is 0 Å². The monoisotopic (exact) mass is 300 g/mol. The van der Waals surface area contributed by atoms with Crippen molar-refractivity contribution < 1.29 is 0 Å². The fourth-order valence-electron chi connectivity index (χ4n) is 3.17. The summed E-state index contributed by atoms with van der Waals surface area (Å²) in [5.41, 5.74) is 9.13. The Morgan fingerprint density at radius 2 is 1.52 bits per heavy atom. The molecule has 0 aliphatic carbocycles. The standard InChI is InChI=1S/C20H25Cl/c1-6-16-8-9-17(7-2)18(12-16)20(21)19-14(4)10-13(3)11-15(19)5/h8-12,20H,6-7H2,1-5H3. The summed E-state index contributed by atoms with van der Waals surface area (Å²) < 4.78 is 0. The zero-order valence-electron chi connectivity index (χ0n) is 13.8. The Labute approximate surface area is 134 Å². The number of benzene rings is 2. The van der Waals surface area contributed by atoms with Crippen LogP contribution in [0, 0.1) is 20.8 Å². The number of hydrogen-bond acceptors (Lipinski definition) is 0. The number of alkyl halides is 1. The molecule has 2 rings (SSSR count). The van der Waals surface area contributed by atoms with Gasteiger partial charge in [0.05, 0.1) is 5.38 Å². The van der Waals surface area contributed by atoms with Crippen LogP contribution in [0.1, 0.15) is 58.2 Å². The summed E-state index contributed by atoms with van der Waals surface area (Å²) in [5.74, 6) is 0.